The lowest BCUT2D eigenvalue weighted by Crippen LogP contribution is -2.09. The van der Waals surface area contributed by atoms with Crippen molar-refractivity contribution in [2.75, 3.05) is 0 Å². The molecule has 3 rings (SSSR count). The highest BCUT2D eigenvalue weighted by Gasteiger charge is 2.27. The zero-order chi connectivity index (χ0) is 34.0. The summed E-state index contributed by atoms with van der Waals surface area (Å²) >= 11 is 0. The summed E-state index contributed by atoms with van der Waals surface area (Å²) < 4.78 is 20.7. The predicted molar refractivity (Wildman–Crippen MR) is 200 cm³/mol. The van der Waals surface area contributed by atoms with E-state index in [2.05, 4.69) is 138 Å². The van der Waals surface area contributed by atoms with E-state index in [4.69, 9.17) is 13.6 Å². The molecule has 254 valence electrons. The van der Waals surface area contributed by atoms with E-state index in [1.807, 2.05) is 0 Å². The van der Waals surface area contributed by atoms with Crippen LogP contribution in [-0.2, 0) is 0 Å². The van der Waals surface area contributed by atoms with Crippen molar-refractivity contribution in [1.29, 1.82) is 0 Å². The Morgan fingerprint density at radius 2 is 0.630 bits per heavy atom. The van der Waals surface area contributed by atoms with Crippen LogP contribution in [0, 0.1) is 0 Å². The van der Waals surface area contributed by atoms with Crippen LogP contribution in [0.3, 0.4) is 0 Å². The first kappa shape index (κ1) is 37.9. The quantitative estimate of drug-likeness (QED) is 0.129. The Hall–Kier alpha value is -2.51. The Balaban J connectivity index is 2.16. The van der Waals surface area contributed by atoms with Gasteiger partial charge in [0.15, 0.2) is 0 Å². The second-order valence-electron chi connectivity index (χ2n) is 13.7. The van der Waals surface area contributed by atoms with Crippen molar-refractivity contribution in [1.82, 2.24) is 0 Å². The van der Waals surface area contributed by atoms with Gasteiger partial charge in [0.05, 0.1) is 0 Å². The summed E-state index contributed by atoms with van der Waals surface area (Å²) in [6, 6.07) is 20.2. The Morgan fingerprint density at radius 1 is 0.391 bits per heavy atom. The molecule has 46 heavy (non-hydrogen) atoms. The molecular formula is C42H63O3P. The van der Waals surface area contributed by atoms with Crippen LogP contribution in [0.5, 0.6) is 17.2 Å². The minimum atomic E-state index is -1.81. The molecule has 0 aliphatic heterocycles. The van der Waals surface area contributed by atoms with Gasteiger partial charge >= 0.3 is 8.60 Å². The molecule has 0 bridgehead atoms. The lowest BCUT2D eigenvalue weighted by Gasteiger charge is -2.26. The van der Waals surface area contributed by atoms with Crippen molar-refractivity contribution in [2.24, 2.45) is 0 Å². The molecule has 0 radical (unpaired) electrons. The fraction of sp³-hybridized carbons (Fsp3) is 0.571. The largest absolute Gasteiger partial charge is 0.530 e. The summed E-state index contributed by atoms with van der Waals surface area (Å²) in [5, 5.41) is 0. The van der Waals surface area contributed by atoms with Gasteiger partial charge in [-0.1, -0.05) is 119 Å². The monoisotopic (exact) mass is 646 g/mol. The molecule has 0 saturated heterocycles. The molecule has 6 atom stereocenters. The first-order valence-electron chi connectivity index (χ1n) is 18.3. The Bertz CT molecular complexity index is 1200. The van der Waals surface area contributed by atoms with Crippen molar-refractivity contribution >= 4 is 8.60 Å². The van der Waals surface area contributed by atoms with Crippen LogP contribution in [0.15, 0.2) is 54.6 Å². The number of hydrogen-bond donors (Lipinski definition) is 0. The first-order chi connectivity index (χ1) is 22.0. The summed E-state index contributed by atoms with van der Waals surface area (Å²) in [7, 11) is -1.81. The Labute approximate surface area is 283 Å². The van der Waals surface area contributed by atoms with Crippen LogP contribution >= 0.6 is 8.60 Å². The highest BCUT2D eigenvalue weighted by Crippen LogP contribution is 2.49. The van der Waals surface area contributed by atoms with E-state index in [0.717, 1.165) is 55.8 Å². The van der Waals surface area contributed by atoms with Gasteiger partial charge in [-0.05, 0) is 126 Å². The van der Waals surface area contributed by atoms with Gasteiger partial charge in [0, 0.05) is 0 Å². The Morgan fingerprint density at radius 3 is 0.848 bits per heavy atom. The van der Waals surface area contributed by atoms with E-state index in [9.17, 15) is 0 Å². The van der Waals surface area contributed by atoms with Gasteiger partial charge in [-0.2, -0.15) is 0 Å². The lowest BCUT2D eigenvalue weighted by molar-refractivity contribution is 0.379. The van der Waals surface area contributed by atoms with Gasteiger partial charge in [-0.3, -0.25) is 0 Å². The summed E-state index contributed by atoms with van der Waals surface area (Å²) in [5.74, 6) is 5.12. The summed E-state index contributed by atoms with van der Waals surface area (Å²) in [5.41, 5.74) is 7.75. The SMILES string of the molecule is CCC(C)c1ccc(OP(Oc2ccc(C(C)CC)cc2C(C)CC)Oc2ccc(C(C)CC)cc2C(C)CC)c(C(C)CC)c1. The number of benzene rings is 3. The predicted octanol–water partition coefficient (Wildman–Crippen LogP) is 14.5. The molecule has 3 aromatic rings. The average Bonchev–Trinajstić information content (AvgIpc) is 3.09. The van der Waals surface area contributed by atoms with E-state index >= 15 is 0 Å². The molecular weight excluding hydrogens is 583 g/mol. The smallest absolute Gasteiger partial charge is 0.408 e. The van der Waals surface area contributed by atoms with Gasteiger partial charge < -0.3 is 13.6 Å². The summed E-state index contributed by atoms with van der Waals surface area (Å²) in [4.78, 5) is 0. The summed E-state index contributed by atoms with van der Waals surface area (Å²) in [6.07, 6.45) is 6.42. The fourth-order valence-electron chi connectivity index (χ4n) is 5.69. The molecule has 3 aromatic carbocycles. The van der Waals surface area contributed by atoms with Crippen molar-refractivity contribution in [3.8, 4) is 17.2 Å². The molecule has 3 nitrogen and oxygen atoms in total. The summed E-state index contributed by atoms with van der Waals surface area (Å²) in [6.45, 7) is 27.3. The van der Waals surface area contributed by atoms with Crippen LogP contribution in [0.1, 0.15) is 190 Å². The van der Waals surface area contributed by atoms with E-state index in [-0.39, 0.29) is 0 Å². The maximum Gasteiger partial charge on any atom is 0.530 e. The highest BCUT2D eigenvalue weighted by atomic mass is 31.2. The van der Waals surface area contributed by atoms with Crippen molar-refractivity contribution in [3.05, 3.63) is 88.0 Å². The maximum absolute atomic E-state index is 6.90. The molecule has 0 N–H and O–H groups in total. The molecule has 0 aliphatic carbocycles. The van der Waals surface area contributed by atoms with Gasteiger partial charge in [-0.25, -0.2) is 0 Å². The van der Waals surface area contributed by atoms with Gasteiger partial charge in [0.2, 0.25) is 0 Å². The topological polar surface area (TPSA) is 27.7 Å². The Kier molecular flexibility index (Phi) is 15.0. The van der Waals surface area contributed by atoms with Crippen LogP contribution < -0.4 is 13.6 Å². The average molecular weight is 647 g/mol. The van der Waals surface area contributed by atoms with E-state index in [1.165, 1.54) is 33.4 Å². The molecule has 0 spiro atoms. The number of hydrogen-bond acceptors (Lipinski definition) is 3. The fourth-order valence-corrected chi connectivity index (χ4v) is 6.78. The minimum absolute atomic E-state index is 0.354. The standard InChI is InChI=1S/C42H63O3P/c1-13-28(7)34-19-22-40(37(25-34)31(10)16-4)43-46(44-41-23-20-35(29(8)14-2)26-38(41)32(11)17-5)45-42-24-21-36(30(9)15-3)27-39(42)33(12)18-6/h19-33H,13-18H2,1-12H3. The van der Waals surface area contributed by atoms with Gasteiger partial charge in [-0.15, -0.1) is 0 Å². The minimum Gasteiger partial charge on any atom is -0.408 e. The van der Waals surface area contributed by atoms with Crippen molar-refractivity contribution < 1.29 is 13.6 Å². The maximum atomic E-state index is 6.90. The van der Waals surface area contributed by atoms with Crippen LogP contribution in [-0.4, -0.2) is 0 Å². The van der Waals surface area contributed by atoms with E-state index < -0.39 is 8.60 Å². The van der Waals surface area contributed by atoms with Crippen LogP contribution in [0.25, 0.3) is 0 Å². The van der Waals surface area contributed by atoms with Crippen LogP contribution in [0.4, 0.5) is 0 Å². The normalized spacial score (nSPS) is 16.2. The zero-order valence-electron chi connectivity index (χ0n) is 31.1. The van der Waals surface area contributed by atoms with Crippen LogP contribution in [0.2, 0.25) is 0 Å². The zero-order valence-corrected chi connectivity index (χ0v) is 32.0. The van der Waals surface area contributed by atoms with Crippen molar-refractivity contribution in [3.63, 3.8) is 0 Å². The molecule has 0 heterocycles. The molecule has 0 aromatic heterocycles. The van der Waals surface area contributed by atoms with Gasteiger partial charge in [0.1, 0.15) is 17.2 Å². The van der Waals surface area contributed by atoms with Crippen molar-refractivity contribution in [2.45, 2.75) is 157 Å². The van der Waals surface area contributed by atoms with Gasteiger partial charge in [0.25, 0.3) is 0 Å². The lowest BCUT2D eigenvalue weighted by atomic mass is 9.91. The molecule has 0 aliphatic rings. The number of rotatable bonds is 18. The van der Waals surface area contributed by atoms with E-state index in [1.54, 1.807) is 0 Å². The molecule has 0 fully saturated rings. The third-order valence-corrected chi connectivity index (χ3v) is 11.6. The molecule has 0 amide bonds. The molecule has 0 saturated carbocycles. The second-order valence-corrected chi connectivity index (χ2v) is 14.7. The van der Waals surface area contributed by atoms with E-state index in [0.29, 0.717) is 35.5 Å². The first-order valence-corrected chi connectivity index (χ1v) is 19.4. The highest BCUT2D eigenvalue weighted by molar-refractivity contribution is 7.43. The second kappa shape index (κ2) is 18.1. The third kappa shape index (κ3) is 9.53. The molecule has 4 heteroatoms. The third-order valence-electron chi connectivity index (χ3n) is 10.6. The molecule has 6 unspecified atom stereocenters.